The van der Waals surface area contributed by atoms with E-state index >= 15 is 0 Å². The average molecular weight is 265 g/mol. The van der Waals surface area contributed by atoms with Crippen molar-refractivity contribution < 1.29 is 9.13 Å². The highest BCUT2D eigenvalue weighted by molar-refractivity contribution is 5.29. The summed E-state index contributed by atoms with van der Waals surface area (Å²) >= 11 is 0. The first-order chi connectivity index (χ1) is 9.77. The first kappa shape index (κ1) is 12.6. The van der Waals surface area contributed by atoms with Crippen molar-refractivity contribution in [3.8, 4) is 11.5 Å². The fraction of sp³-hybridized carbons (Fsp3) is 0.176. The Bertz CT molecular complexity index is 686. The Balaban J connectivity index is 2.28. The van der Waals surface area contributed by atoms with Gasteiger partial charge in [0.2, 0.25) is 5.69 Å². The number of H-pyrrole nitrogens is 1. The lowest BCUT2D eigenvalue weighted by atomic mass is 10.0. The van der Waals surface area contributed by atoms with E-state index in [-0.39, 0.29) is 0 Å². The van der Waals surface area contributed by atoms with E-state index in [1.54, 1.807) is 0 Å². The smallest absolute Gasteiger partial charge is 0.309 e. The topological polar surface area (TPSA) is 23.5 Å². The highest BCUT2D eigenvalue weighted by atomic mass is 15.2. The van der Waals surface area contributed by atoms with Crippen molar-refractivity contribution in [3.05, 3.63) is 72.9 Å². The maximum Gasteiger partial charge on any atom is 0.459 e. The predicted octanol–water partition coefficient (Wildman–Crippen LogP) is 2.69. The molecule has 0 aliphatic carbocycles. The van der Waals surface area contributed by atoms with Crippen LogP contribution in [0.5, 0.6) is 0 Å². The first-order valence-corrected chi connectivity index (χ1v) is 6.92. The molecule has 0 amide bonds. The van der Waals surface area contributed by atoms with Crippen LogP contribution >= 0.6 is 0 Å². The van der Waals surface area contributed by atoms with Crippen molar-refractivity contribution in [2.24, 2.45) is 0 Å². The van der Waals surface area contributed by atoms with Gasteiger partial charge in [-0.2, -0.15) is 0 Å². The summed E-state index contributed by atoms with van der Waals surface area (Å²) in [6.07, 6.45) is 8.06. The Kier molecular flexibility index (Phi) is 3.33. The molecule has 0 saturated carbocycles. The van der Waals surface area contributed by atoms with Crippen LogP contribution in [0.4, 0.5) is 0 Å². The monoisotopic (exact) mass is 265 g/mol. The predicted molar refractivity (Wildman–Crippen MR) is 77.9 cm³/mol. The molecular formula is C17H19N3+2. The van der Waals surface area contributed by atoms with Crippen LogP contribution in [0.15, 0.2) is 67.4 Å². The molecule has 3 heteroatoms. The van der Waals surface area contributed by atoms with Gasteiger partial charge in [-0.25, -0.2) is 0 Å². The van der Waals surface area contributed by atoms with Crippen LogP contribution in [-0.4, -0.2) is 4.98 Å². The quantitative estimate of drug-likeness (QED) is 0.704. The van der Waals surface area contributed by atoms with Crippen LogP contribution in [0, 0.1) is 0 Å². The maximum absolute atomic E-state index is 3.12. The maximum atomic E-state index is 3.12. The third-order valence-corrected chi connectivity index (χ3v) is 3.44. The summed E-state index contributed by atoms with van der Waals surface area (Å²) in [7, 11) is 0. The third-order valence-electron chi connectivity index (χ3n) is 3.44. The molecule has 0 radical (unpaired) electrons. The van der Waals surface area contributed by atoms with Gasteiger partial charge in [0.1, 0.15) is 0 Å². The van der Waals surface area contributed by atoms with Gasteiger partial charge in [0.15, 0.2) is 12.4 Å². The van der Waals surface area contributed by atoms with E-state index in [9.17, 15) is 0 Å². The Morgan fingerprint density at radius 3 is 2.40 bits per heavy atom. The van der Waals surface area contributed by atoms with Gasteiger partial charge in [-0.1, -0.05) is 36.6 Å². The zero-order valence-corrected chi connectivity index (χ0v) is 11.8. The van der Waals surface area contributed by atoms with Gasteiger partial charge < -0.3 is 4.98 Å². The summed E-state index contributed by atoms with van der Waals surface area (Å²) in [5, 5.41) is 0. The highest BCUT2D eigenvalue weighted by Crippen LogP contribution is 2.17. The number of nitrogens with zero attached hydrogens (tertiary/aromatic N) is 2. The van der Waals surface area contributed by atoms with Gasteiger partial charge in [-0.15, -0.1) is 4.57 Å². The molecule has 0 fully saturated rings. The SMILES string of the molecule is CC(C)c1ccc[n+](-c2ccccc2)c1-[n+]1cc[nH]c1. The van der Waals surface area contributed by atoms with Crippen molar-refractivity contribution in [2.75, 3.05) is 0 Å². The largest absolute Gasteiger partial charge is 0.459 e. The molecule has 1 aromatic carbocycles. The zero-order chi connectivity index (χ0) is 13.9. The number of hydrogen-bond acceptors (Lipinski definition) is 0. The fourth-order valence-corrected chi connectivity index (χ4v) is 2.46. The Hall–Kier alpha value is -2.42. The van der Waals surface area contributed by atoms with E-state index in [0.29, 0.717) is 5.92 Å². The highest BCUT2D eigenvalue weighted by Gasteiger charge is 2.29. The lowest BCUT2D eigenvalue weighted by molar-refractivity contribution is -0.740. The zero-order valence-electron chi connectivity index (χ0n) is 11.8. The second-order valence-corrected chi connectivity index (χ2v) is 5.17. The molecule has 2 heterocycles. The van der Waals surface area contributed by atoms with Crippen molar-refractivity contribution in [1.82, 2.24) is 4.98 Å². The molecule has 20 heavy (non-hydrogen) atoms. The molecule has 0 unspecified atom stereocenters. The fourth-order valence-electron chi connectivity index (χ4n) is 2.46. The molecule has 100 valence electrons. The average Bonchev–Trinajstić information content (AvgIpc) is 3.01. The molecule has 0 aliphatic heterocycles. The molecule has 2 aromatic heterocycles. The first-order valence-electron chi connectivity index (χ1n) is 6.92. The molecule has 0 spiro atoms. The second-order valence-electron chi connectivity index (χ2n) is 5.17. The van der Waals surface area contributed by atoms with Gasteiger partial charge in [-0.05, 0) is 12.0 Å². The summed E-state index contributed by atoms with van der Waals surface area (Å²) < 4.78 is 4.35. The minimum absolute atomic E-state index is 0.462. The molecule has 3 aromatic rings. The van der Waals surface area contributed by atoms with E-state index in [1.165, 1.54) is 17.1 Å². The van der Waals surface area contributed by atoms with E-state index in [2.05, 4.69) is 70.6 Å². The number of imidazole rings is 1. The number of aromatic amines is 1. The lowest BCUT2D eigenvalue weighted by Gasteiger charge is -2.05. The van der Waals surface area contributed by atoms with Crippen LogP contribution in [-0.2, 0) is 0 Å². The Morgan fingerprint density at radius 2 is 1.75 bits per heavy atom. The summed E-state index contributed by atoms with van der Waals surface area (Å²) in [5.41, 5.74) is 2.49. The third kappa shape index (κ3) is 2.23. The van der Waals surface area contributed by atoms with Crippen molar-refractivity contribution in [3.63, 3.8) is 0 Å². The van der Waals surface area contributed by atoms with Crippen LogP contribution < -0.4 is 9.13 Å². The van der Waals surface area contributed by atoms with Crippen LogP contribution in [0.1, 0.15) is 25.3 Å². The van der Waals surface area contributed by atoms with Crippen LogP contribution in [0.25, 0.3) is 11.5 Å². The summed E-state index contributed by atoms with van der Waals surface area (Å²) in [5.74, 6) is 1.64. The molecule has 0 aliphatic rings. The normalized spacial score (nSPS) is 10.9. The molecule has 0 saturated heterocycles. The van der Waals surface area contributed by atoms with Gasteiger partial charge in [0, 0.05) is 18.2 Å². The summed E-state index contributed by atoms with van der Waals surface area (Å²) in [4.78, 5) is 3.12. The number of pyridine rings is 1. The Labute approximate surface area is 119 Å². The van der Waals surface area contributed by atoms with Gasteiger partial charge in [0.25, 0.3) is 6.33 Å². The van der Waals surface area contributed by atoms with E-state index < -0.39 is 0 Å². The molecular weight excluding hydrogens is 246 g/mol. The standard InChI is InChI=1S/C17H18N3/c1-14(2)16-9-6-11-20(15-7-4-3-5-8-15)17(16)19-12-10-18-13-19/h3-14H,1-2H3/q+1/p+1. The van der Waals surface area contributed by atoms with Crippen LogP contribution in [0.3, 0.4) is 0 Å². The minimum Gasteiger partial charge on any atom is -0.309 e. The number of nitrogens with one attached hydrogen (secondary N) is 1. The molecule has 0 bridgehead atoms. The van der Waals surface area contributed by atoms with Gasteiger partial charge >= 0.3 is 5.82 Å². The van der Waals surface area contributed by atoms with E-state index in [0.717, 1.165) is 0 Å². The molecule has 1 N–H and O–H groups in total. The number of para-hydroxylation sites is 1. The van der Waals surface area contributed by atoms with E-state index in [1.807, 2.05) is 24.8 Å². The second kappa shape index (κ2) is 5.29. The number of aromatic nitrogens is 3. The summed E-state index contributed by atoms with van der Waals surface area (Å²) in [6, 6.07) is 14.7. The van der Waals surface area contributed by atoms with Crippen LogP contribution in [0.2, 0.25) is 0 Å². The molecule has 3 rings (SSSR count). The Morgan fingerprint density at radius 1 is 0.950 bits per heavy atom. The van der Waals surface area contributed by atoms with E-state index in [4.69, 9.17) is 0 Å². The van der Waals surface area contributed by atoms with Crippen molar-refractivity contribution in [2.45, 2.75) is 19.8 Å². The lowest BCUT2D eigenvalue weighted by Crippen LogP contribution is -2.47. The molecule has 0 atom stereocenters. The van der Waals surface area contributed by atoms with Gasteiger partial charge in [-0.3, -0.25) is 0 Å². The number of benzene rings is 1. The number of rotatable bonds is 3. The number of hydrogen-bond donors (Lipinski definition) is 1. The van der Waals surface area contributed by atoms with Gasteiger partial charge in [0.05, 0.1) is 11.8 Å². The van der Waals surface area contributed by atoms with Crippen molar-refractivity contribution >= 4 is 0 Å². The summed E-state index contributed by atoms with van der Waals surface area (Å²) in [6.45, 7) is 4.45. The minimum atomic E-state index is 0.462. The van der Waals surface area contributed by atoms with Crippen molar-refractivity contribution in [1.29, 1.82) is 0 Å². The molecule has 3 nitrogen and oxygen atoms in total.